The van der Waals surface area contributed by atoms with Gasteiger partial charge in [-0.3, -0.25) is 4.68 Å². The van der Waals surface area contributed by atoms with Gasteiger partial charge in [0, 0.05) is 5.69 Å². The highest BCUT2D eigenvalue weighted by molar-refractivity contribution is 6.31. The molecule has 0 spiro atoms. The molecule has 1 aromatic carbocycles. The van der Waals surface area contributed by atoms with Crippen LogP contribution in [0.1, 0.15) is 11.3 Å². The van der Waals surface area contributed by atoms with Gasteiger partial charge < -0.3 is 5.73 Å². The van der Waals surface area contributed by atoms with Crippen LogP contribution >= 0.6 is 11.6 Å². The molecule has 15 heavy (non-hydrogen) atoms. The molecule has 0 bridgehead atoms. The molecule has 0 saturated heterocycles. The smallest absolute Gasteiger partial charge is 0.0815 e. The van der Waals surface area contributed by atoms with Crippen LogP contribution in [-0.2, 0) is 6.54 Å². The van der Waals surface area contributed by atoms with E-state index >= 15 is 0 Å². The van der Waals surface area contributed by atoms with Crippen molar-refractivity contribution < 1.29 is 0 Å². The Morgan fingerprint density at radius 2 is 2.00 bits per heavy atom. The van der Waals surface area contributed by atoms with Crippen LogP contribution in [-0.4, -0.2) is 9.78 Å². The molecule has 0 aliphatic carbocycles. The zero-order chi connectivity index (χ0) is 10.8. The van der Waals surface area contributed by atoms with E-state index < -0.39 is 0 Å². The van der Waals surface area contributed by atoms with Crippen molar-refractivity contribution in [2.24, 2.45) is 0 Å². The van der Waals surface area contributed by atoms with E-state index in [-0.39, 0.29) is 0 Å². The minimum atomic E-state index is 0.699. The van der Waals surface area contributed by atoms with E-state index in [0.717, 1.165) is 23.5 Å². The fourth-order valence-corrected chi connectivity index (χ4v) is 1.52. The number of halogens is 1. The van der Waals surface area contributed by atoms with Crippen molar-refractivity contribution in [3.63, 3.8) is 0 Å². The lowest BCUT2D eigenvalue weighted by molar-refractivity contribution is 0.665. The largest absolute Gasteiger partial charge is 0.399 e. The molecule has 3 nitrogen and oxygen atoms in total. The van der Waals surface area contributed by atoms with Crippen molar-refractivity contribution in [1.29, 1.82) is 0 Å². The second kappa shape index (κ2) is 3.95. The Kier molecular flexibility index (Phi) is 2.64. The molecule has 0 amide bonds. The molecule has 1 aromatic heterocycles. The van der Waals surface area contributed by atoms with E-state index in [2.05, 4.69) is 5.10 Å². The van der Waals surface area contributed by atoms with E-state index in [1.807, 2.05) is 35.9 Å². The maximum atomic E-state index is 5.92. The minimum absolute atomic E-state index is 0.699. The van der Waals surface area contributed by atoms with Gasteiger partial charge in [-0.2, -0.15) is 5.10 Å². The van der Waals surface area contributed by atoms with Crippen molar-refractivity contribution in [2.75, 3.05) is 5.73 Å². The molecule has 78 valence electrons. The molecular weight excluding hydrogens is 210 g/mol. The lowest BCUT2D eigenvalue weighted by atomic mass is 10.2. The molecular formula is C11H12ClN3. The van der Waals surface area contributed by atoms with Gasteiger partial charge >= 0.3 is 0 Å². The summed E-state index contributed by atoms with van der Waals surface area (Å²) in [6.45, 7) is 2.67. The molecule has 0 unspecified atom stereocenters. The van der Waals surface area contributed by atoms with E-state index in [1.165, 1.54) is 0 Å². The minimum Gasteiger partial charge on any atom is -0.399 e. The molecule has 1 heterocycles. The molecule has 0 saturated carbocycles. The van der Waals surface area contributed by atoms with Crippen LogP contribution in [0.2, 0.25) is 5.02 Å². The third-order valence-corrected chi connectivity index (χ3v) is 2.73. The summed E-state index contributed by atoms with van der Waals surface area (Å²) in [7, 11) is 0. The average molecular weight is 222 g/mol. The topological polar surface area (TPSA) is 43.8 Å². The van der Waals surface area contributed by atoms with Gasteiger partial charge in [0.1, 0.15) is 0 Å². The first kappa shape index (κ1) is 10.1. The highest BCUT2D eigenvalue weighted by Gasteiger charge is 2.03. The van der Waals surface area contributed by atoms with Crippen LogP contribution < -0.4 is 5.73 Å². The van der Waals surface area contributed by atoms with Crippen molar-refractivity contribution in [3.05, 3.63) is 46.7 Å². The number of nitrogens with zero attached hydrogens (tertiary/aromatic N) is 2. The predicted molar refractivity (Wildman–Crippen MR) is 61.9 cm³/mol. The van der Waals surface area contributed by atoms with E-state index in [0.29, 0.717) is 5.02 Å². The number of anilines is 1. The van der Waals surface area contributed by atoms with Gasteiger partial charge in [0.25, 0.3) is 0 Å². The zero-order valence-electron chi connectivity index (χ0n) is 8.44. The molecule has 0 aliphatic heterocycles. The van der Waals surface area contributed by atoms with Crippen LogP contribution in [0, 0.1) is 6.92 Å². The van der Waals surface area contributed by atoms with Gasteiger partial charge in [-0.15, -0.1) is 0 Å². The fourth-order valence-electron chi connectivity index (χ4n) is 1.38. The van der Waals surface area contributed by atoms with E-state index in [4.69, 9.17) is 17.3 Å². The van der Waals surface area contributed by atoms with Crippen molar-refractivity contribution >= 4 is 17.3 Å². The monoisotopic (exact) mass is 221 g/mol. The fraction of sp³-hybridized carbons (Fsp3) is 0.182. The number of nitrogen functional groups attached to an aromatic ring is 1. The quantitative estimate of drug-likeness (QED) is 0.792. The third kappa shape index (κ3) is 2.13. The van der Waals surface area contributed by atoms with Gasteiger partial charge in [-0.05, 0) is 24.6 Å². The zero-order valence-corrected chi connectivity index (χ0v) is 9.20. The second-order valence-electron chi connectivity index (χ2n) is 3.48. The first-order valence-corrected chi connectivity index (χ1v) is 5.07. The first-order valence-electron chi connectivity index (χ1n) is 4.69. The van der Waals surface area contributed by atoms with Crippen LogP contribution in [0.25, 0.3) is 0 Å². The predicted octanol–water partition coefficient (Wildman–Crippen LogP) is 2.48. The summed E-state index contributed by atoms with van der Waals surface area (Å²) in [6.07, 6.45) is 1.66. The number of nitrogens with two attached hydrogens (primary N) is 1. The summed E-state index contributed by atoms with van der Waals surface area (Å²) in [5.41, 5.74) is 8.52. The maximum Gasteiger partial charge on any atom is 0.0815 e. The van der Waals surface area contributed by atoms with Crippen molar-refractivity contribution in [3.8, 4) is 0 Å². The Bertz CT molecular complexity index is 459. The van der Waals surface area contributed by atoms with Crippen LogP contribution in [0.5, 0.6) is 0 Å². The summed E-state index contributed by atoms with van der Waals surface area (Å²) < 4.78 is 1.87. The van der Waals surface area contributed by atoms with Gasteiger partial charge in [0.05, 0.1) is 23.5 Å². The first-order chi connectivity index (χ1) is 7.16. The number of hydrogen-bond acceptors (Lipinski definition) is 2. The molecule has 0 atom stereocenters. The Balaban J connectivity index is 2.22. The average Bonchev–Trinajstić information content (AvgIpc) is 2.53. The Hall–Kier alpha value is -1.48. The number of hydrogen-bond donors (Lipinski definition) is 1. The van der Waals surface area contributed by atoms with E-state index in [1.54, 1.807) is 6.20 Å². The second-order valence-corrected chi connectivity index (χ2v) is 3.88. The molecule has 0 aliphatic rings. The van der Waals surface area contributed by atoms with E-state index in [9.17, 15) is 0 Å². The normalized spacial score (nSPS) is 10.5. The lowest BCUT2D eigenvalue weighted by Crippen LogP contribution is -2.03. The van der Waals surface area contributed by atoms with Gasteiger partial charge in [0.2, 0.25) is 0 Å². The Morgan fingerprint density at radius 3 is 2.53 bits per heavy atom. The number of benzene rings is 1. The van der Waals surface area contributed by atoms with Gasteiger partial charge in [-0.25, -0.2) is 0 Å². The molecule has 2 aromatic rings. The highest BCUT2D eigenvalue weighted by atomic mass is 35.5. The highest BCUT2D eigenvalue weighted by Crippen LogP contribution is 2.15. The lowest BCUT2D eigenvalue weighted by Gasteiger charge is -2.04. The van der Waals surface area contributed by atoms with Crippen LogP contribution in [0.4, 0.5) is 5.69 Å². The summed E-state index contributed by atoms with van der Waals surface area (Å²) in [4.78, 5) is 0. The molecule has 0 radical (unpaired) electrons. The summed E-state index contributed by atoms with van der Waals surface area (Å²) in [6, 6.07) is 7.75. The number of rotatable bonds is 2. The van der Waals surface area contributed by atoms with Gasteiger partial charge in [0.15, 0.2) is 0 Å². The Morgan fingerprint density at radius 1 is 1.33 bits per heavy atom. The molecule has 0 fully saturated rings. The third-order valence-electron chi connectivity index (χ3n) is 2.36. The summed E-state index contributed by atoms with van der Waals surface area (Å²) in [5.74, 6) is 0. The molecule has 4 heteroatoms. The molecule has 2 rings (SSSR count). The maximum absolute atomic E-state index is 5.92. The van der Waals surface area contributed by atoms with Gasteiger partial charge in [-0.1, -0.05) is 23.7 Å². The van der Waals surface area contributed by atoms with Crippen molar-refractivity contribution in [1.82, 2.24) is 9.78 Å². The molecule has 2 N–H and O–H groups in total. The van der Waals surface area contributed by atoms with Crippen LogP contribution in [0.15, 0.2) is 30.5 Å². The summed E-state index contributed by atoms with van der Waals surface area (Å²) in [5, 5.41) is 4.89. The Labute approximate surface area is 93.5 Å². The SMILES string of the molecule is Cc1c(Cl)cnn1Cc1ccc(N)cc1. The number of aromatic nitrogens is 2. The van der Waals surface area contributed by atoms with Crippen molar-refractivity contribution in [2.45, 2.75) is 13.5 Å². The summed E-state index contributed by atoms with van der Waals surface area (Å²) >= 11 is 5.92. The standard InChI is InChI=1S/C11H12ClN3/c1-8-11(12)6-14-15(8)7-9-2-4-10(13)5-3-9/h2-6H,7,13H2,1H3. The van der Waals surface area contributed by atoms with Crippen LogP contribution in [0.3, 0.4) is 0 Å².